The normalized spacial score (nSPS) is 11.0. The van der Waals surface area contributed by atoms with Gasteiger partial charge in [-0.3, -0.25) is 9.98 Å². The third-order valence-corrected chi connectivity index (χ3v) is 4.56. The lowest BCUT2D eigenvalue weighted by Gasteiger charge is -2.06. The Bertz CT molecular complexity index is 971. The molecule has 0 unspecified atom stereocenters. The number of rotatable bonds is 9. The summed E-state index contributed by atoms with van der Waals surface area (Å²) in [7, 11) is 0. The summed E-state index contributed by atoms with van der Waals surface area (Å²) in [4.78, 5) is 8.85. The van der Waals surface area contributed by atoms with E-state index in [1.165, 1.54) is 25.7 Å². The number of aromatic nitrogens is 1. The van der Waals surface area contributed by atoms with Gasteiger partial charge in [0.05, 0.1) is 23.4 Å². The molecule has 0 aliphatic heterocycles. The van der Waals surface area contributed by atoms with Crippen LogP contribution < -0.4 is 4.74 Å². The summed E-state index contributed by atoms with van der Waals surface area (Å²) < 4.78 is 5.80. The lowest BCUT2D eigenvalue weighted by atomic mass is 10.1. The molecule has 4 nitrogen and oxygen atoms in total. The van der Waals surface area contributed by atoms with Crippen molar-refractivity contribution in [1.29, 1.82) is 5.26 Å². The van der Waals surface area contributed by atoms with Crippen molar-refractivity contribution in [2.75, 3.05) is 6.61 Å². The number of hydrogen-bond donors (Lipinski definition) is 0. The van der Waals surface area contributed by atoms with Crippen LogP contribution in [0.2, 0.25) is 0 Å². The van der Waals surface area contributed by atoms with Crippen molar-refractivity contribution in [3.05, 3.63) is 65.9 Å². The maximum Gasteiger partial charge on any atom is 0.119 e. The van der Waals surface area contributed by atoms with Crippen LogP contribution in [0.1, 0.15) is 50.2 Å². The molecule has 0 radical (unpaired) electrons. The molecular formula is C24H25N3O. The van der Waals surface area contributed by atoms with E-state index in [9.17, 15) is 0 Å². The van der Waals surface area contributed by atoms with Crippen molar-refractivity contribution >= 4 is 22.8 Å². The van der Waals surface area contributed by atoms with Crippen LogP contribution >= 0.6 is 0 Å². The molecule has 2 aromatic carbocycles. The first-order valence-electron chi connectivity index (χ1n) is 9.85. The van der Waals surface area contributed by atoms with Gasteiger partial charge in [0, 0.05) is 17.8 Å². The molecule has 0 saturated carbocycles. The molecular weight excluding hydrogens is 346 g/mol. The average Bonchev–Trinajstić information content (AvgIpc) is 2.75. The summed E-state index contributed by atoms with van der Waals surface area (Å²) in [6, 6.07) is 17.7. The van der Waals surface area contributed by atoms with Gasteiger partial charge < -0.3 is 4.74 Å². The molecule has 0 fully saturated rings. The first-order chi connectivity index (χ1) is 13.8. The Balaban J connectivity index is 1.55. The minimum absolute atomic E-state index is 0.562. The van der Waals surface area contributed by atoms with E-state index in [0.717, 1.165) is 40.9 Å². The van der Waals surface area contributed by atoms with E-state index in [0.29, 0.717) is 5.56 Å². The lowest BCUT2D eigenvalue weighted by molar-refractivity contribution is 0.304. The second-order valence-electron chi connectivity index (χ2n) is 6.80. The summed E-state index contributed by atoms with van der Waals surface area (Å²) in [5, 5.41) is 9.89. The summed E-state index contributed by atoms with van der Waals surface area (Å²) in [5.74, 6) is 0.899. The maximum atomic E-state index is 8.95. The highest BCUT2D eigenvalue weighted by Crippen LogP contribution is 2.21. The first kappa shape index (κ1) is 19.6. The van der Waals surface area contributed by atoms with Crippen molar-refractivity contribution < 1.29 is 4.74 Å². The van der Waals surface area contributed by atoms with Gasteiger partial charge in [-0.2, -0.15) is 5.26 Å². The SMILES string of the molecule is CCCCCCCOc1ccc(C=Nc2ccc3cc(C#N)cnc3c2)cc1. The molecule has 3 aromatic rings. The summed E-state index contributed by atoms with van der Waals surface area (Å²) in [6.45, 7) is 3.00. The molecule has 28 heavy (non-hydrogen) atoms. The molecule has 0 spiro atoms. The second kappa shape index (κ2) is 10.2. The highest BCUT2D eigenvalue weighted by atomic mass is 16.5. The van der Waals surface area contributed by atoms with Crippen LogP contribution in [0.25, 0.3) is 10.9 Å². The monoisotopic (exact) mass is 371 g/mol. The highest BCUT2D eigenvalue weighted by molar-refractivity contribution is 5.86. The van der Waals surface area contributed by atoms with Gasteiger partial charge in [0.25, 0.3) is 0 Å². The van der Waals surface area contributed by atoms with Crippen molar-refractivity contribution in [3.63, 3.8) is 0 Å². The van der Waals surface area contributed by atoms with Crippen molar-refractivity contribution in [1.82, 2.24) is 4.98 Å². The molecule has 4 heteroatoms. The Morgan fingerprint density at radius 2 is 1.86 bits per heavy atom. The lowest BCUT2D eigenvalue weighted by Crippen LogP contribution is -1.97. The molecule has 0 aliphatic rings. The Labute approximate surface area is 166 Å². The molecule has 0 N–H and O–H groups in total. The van der Waals surface area contributed by atoms with E-state index < -0.39 is 0 Å². The van der Waals surface area contributed by atoms with Crippen LogP contribution in [0, 0.1) is 11.3 Å². The van der Waals surface area contributed by atoms with Gasteiger partial charge >= 0.3 is 0 Å². The second-order valence-corrected chi connectivity index (χ2v) is 6.80. The predicted molar refractivity (Wildman–Crippen MR) is 114 cm³/mol. The van der Waals surface area contributed by atoms with Crippen LogP contribution in [-0.4, -0.2) is 17.8 Å². The number of nitriles is 1. The molecule has 0 amide bonds. The van der Waals surface area contributed by atoms with Crippen LogP contribution in [-0.2, 0) is 0 Å². The number of unbranched alkanes of at least 4 members (excludes halogenated alkanes) is 4. The third kappa shape index (κ3) is 5.65. The van der Waals surface area contributed by atoms with Gasteiger partial charge in [0.15, 0.2) is 0 Å². The van der Waals surface area contributed by atoms with Gasteiger partial charge in [-0.15, -0.1) is 0 Å². The smallest absolute Gasteiger partial charge is 0.119 e. The highest BCUT2D eigenvalue weighted by Gasteiger charge is 1.99. The zero-order valence-corrected chi connectivity index (χ0v) is 16.3. The number of nitrogens with zero attached hydrogens (tertiary/aromatic N) is 3. The number of ether oxygens (including phenoxy) is 1. The fraction of sp³-hybridized carbons (Fsp3) is 0.292. The molecule has 0 atom stereocenters. The Morgan fingerprint density at radius 3 is 2.64 bits per heavy atom. The average molecular weight is 371 g/mol. The van der Waals surface area contributed by atoms with Crippen LogP contribution in [0.15, 0.2) is 59.7 Å². The van der Waals surface area contributed by atoms with Gasteiger partial charge in [-0.1, -0.05) is 38.7 Å². The summed E-state index contributed by atoms with van der Waals surface area (Å²) >= 11 is 0. The number of fused-ring (bicyclic) bond motifs is 1. The quantitative estimate of drug-likeness (QED) is 0.332. The number of benzene rings is 2. The van der Waals surface area contributed by atoms with E-state index >= 15 is 0 Å². The Kier molecular flexibility index (Phi) is 7.14. The van der Waals surface area contributed by atoms with E-state index in [1.54, 1.807) is 6.20 Å². The van der Waals surface area contributed by atoms with E-state index in [1.807, 2.05) is 54.7 Å². The minimum Gasteiger partial charge on any atom is -0.494 e. The third-order valence-electron chi connectivity index (χ3n) is 4.56. The zero-order valence-electron chi connectivity index (χ0n) is 16.3. The number of hydrogen-bond acceptors (Lipinski definition) is 4. The molecule has 0 aliphatic carbocycles. The van der Waals surface area contributed by atoms with Crippen molar-refractivity contribution in [3.8, 4) is 11.8 Å². The van der Waals surface area contributed by atoms with Crippen LogP contribution in [0.4, 0.5) is 5.69 Å². The predicted octanol–water partition coefficient (Wildman–Crippen LogP) is 6.21. The van der Waals surface area contributed by atoms with Crippen LogP contribution in [0.5, 0.6) is 5.75 Å². The standard InChI is InChI=1S/C24H25N3O/c1-2-3-4-5-6-13-28-23-11-7-19(8-12-23)17-26-22-10-9-21-14-20(16-25)18-27-24(21)15-22/h7-12,14-15,17-18H,2-6,13H2,1H3. The number of aliphatic imine (C=N–C) groups is 1. The van der Waals surface area contributed by atoms with E-state index in [2.05, 4.69) is 23.0 Å². The van der Waals surface area contributed by atoms with E-state index in [-0.39, 0.29) is 0 Å². The molecule has 0 bridgehead atoms. The largest absolute Gasteiger partial charge is 0.494 e. The molecule has 0 saturated heterocycles. The van der Waals surface area contributed by atoms with Gasteiger partial charge in [0.2, 0.25) is 0 Å². The fourth-order valence-corrected chi connectivity index (χ4v) is 2.95. The molecule has 1 aromatic heterocycles. The molecule has 3 rings (SSSR count). The summed E-state index contributed by atoms with van der Waals surface area (Å²) in [6.07, 6.45) is 9.62. The van der Waals surface area contributed by atoms with Gasteiger partial charge in [-0.25, -0.2) is 0 Å². The van der Waals surface area contributed by atoms with Gasteiger partial charge in [-0.05, 0) is 54.4 Å². The van der Waals surface area contributed by atoms with E-state index in [4.69, 9.17) is 10.00 Å². The topological polar surface area (TPSA) is 58.3 Å². The van der Waals surface area contributed by atoms with Crippen LogP contribution in [0.3, 0.4) is 0 Å². The zero-order chi connectivity index (χ0) is 19.6. The van der Waals surface area contributed by atoms with Crippen molar-refractivity contribution in [2.24, 2.45) is 4.99 Å². The van der Waals surface area contributed by atoms with Crippen molar-refractivity contribution in [2.45, 2.75) is 39.0 Å². The number of pyridine rings is 1. The Hall–Kier alpha value is -3.19. The fourth-order valence-electron chi connectivity index (χ4n) is 2.95. The molecule has 142 valence electrons. The molecule has 1 heterocycles. The first-order valence-corrected chi connectivity index (χ1v) is 9.85. The Morgan fingerprint density at radius 1 is 1.04 bits per heavy atom. The maximum absolute atomic E-state index is 8.95. The van der Waals surface area contributed by atoms with Gasteiger partial charge in [0.1, 0.15) is 11.8 Å². The summed E-state index contributed by atoms with van der Waals surface area (Å²) in [5.41, 5.74) is 3.24. The minimum atomic E-state index is 0.562.